The van der Waals surface area contributed by atoms with Gasteiger partial charge in [0.25, 0.3) is 0 Å². The van der Waals surface area contributed by atoms with Gasteiger partial charge in [0.05, 0.1) is 0 Å². The van der Waals surface area contributed by atoms with Crippen LogP contribution in [0.2, 0.25) is 0 Å². The Bertz CT molecular complexity index is 768. The third kappa shape index (κ3) is 3.10. The summed E-state index contributed by atoms with van der Waals surface area (Å²) < 4.78 is 0. The molecule has 0 N–H and O–H groups in total. The standard InChI is InChI=1S/C21H20S/c1-15-12-13-19(14-20(15)18-10-5-4-6-11-18)22-21-16(2)8-7-9-17(21)3/h4-14H,1-3H3. The normalized spacial score (nSPS) is 10.7. The van der Waals surface area contributed by atoms with Gasteiger partial charge in [-0.1, -0.05) is 66.4 Å². The van der Waals surface area contributed by atoms with Crippen molar-refractivity contribution in [1.82, 2.24) is 0 Å². The van der Waals surface area contributed by atoms with Gasteiger partial charge in [-0.05, 0) is 60.7 Å². The summed E-state index contributed by atoms with van der Waals surface area (Å²) in [7, 11) is 0. The number of aryl methyl sites for hydroxylation is 3. The van der Waals surface area contributed by atoms with E-state index in [1.807, 2.05) is 11.8 Å². The maximum atomic E-state index is 2.31. The van der Waals surface area contributed by atoms with Gasteiger partial charge in [-0.3, -0.25) is 0 Å². The maximum Gasteiger partial charge on any atom is 0.0180 e. The first-order valence-electron chi connectivity index (χ1n) is 7.55. The smallest absolute Gasteiger partial charge is 0.0180 e. The molecule has 1 heteroatoms. The van der Waals surface area contributed by atoms with Crippen molar-refractivity contribution in [2.75, 3.05) is 0 Å². The topological polar surface area (TPSA) is 0 Å². The van der Waals surface area contributed by atoms with Gasteiger partial charge in [-0.25, -0.2) is 0 Å². The van der Waals surface area contributed by atoms with Gasteiger partial charge in [-0.2, -0.15) is 0 Å². The fourth-order valence-electron chi connectivity index (χ4n) is 2.67. The van der Waals surface area contributed by atoms with E-state index >= 15 is 0 Å². The van der Waals surface area contributed by atoms with Crippen molar-refractivity contribution in [2.45, 2.75) is 30.6 Å². The van der Waals surface area contributed by atoms with Gasteiger partial charge in [0, 0.05) is 9.79 Å². The minimum absolute atomic E-state index is 1.28. The van der Waals surface area contributed by atoms with Crippen LogP contribution in [-0.2, 0) is 0 Å². The highest BCUT2D eigenvalue weighted by Crippen LogP contribution is 2.35. The largest absolute Gasteiger partial charge is 0.0895 e. The van der Waals surface area contributed by atoms with Crippen LogP contribution in [0.5, 0.6) is 0 Å². The SMILES string of the molecule is Cc1ccc(Sc2c(C)cccc2C)cc1-c1ccccc1. The predicted molar refractivity (Wildman–Crippen MR) is 96.7 cm³/mol. The van der Waals surface area contributed by atoms with E-state index in [1.165, 1.54) is 37.6 Å². The van der Waals surface area contributed by atoms with Gasteiger partial charge in [0.15, 0.2) is 0 Å². The van der Waals surface area contributed by atoms with Gasteiger partial charge < -0.3 is 0 Å². The first-order chi connectivity index (χ1) is 10.6. The molecule has 0 fully saturated rings. The molecule has 0 unspecified atom stereocenters. The van der Waals surface area contributed by atoms with E-state index in [1.54, 1.807) is 0 Å². The van der Waals surface area contributed by atoms with Gasteiger partial charge in [0.1, 0.15) is 0 Å². The Balaban J connectivity index is 2.00. The second kappa shape index (κ2) is 6.41. The molecule has 0 saturated carbocycles. The zero-order chi connectivity index (χ0) is 15.5. The third-order valence-electron chi connectivity index (χ3n) is 3.92. The lowest BCUT2D eigenvalue weighted by Crippen LogP contribution is -1.87. The Hall–Kier alpha value is -1.99. The summed E-state index contributed by atoms with van der Waals surface area (Å²) in [5.74, 6) is 0. The molecule has 0 bridgehead atoms. The van der Waals surface area contributed by atoms with Crippen molar-refractivity contribution in [3.05, 3.63) is 83.4 Å². The Labute approximate surface area is 137 Å². The summed E-state index contributed by atoms with van der Waals surface area (Å²) in [6.45, 7) is 6.54. The quantitative estimate of drug-likeness (QED) is 0.537. The minimum atomic E-state index is 1.28. The molecule has 0 amide bonds. The average molecular weight is 304 g/mol. The zero-order valence-corrected chi connectivity index (χ0v) is 14.1. The lowest BCUT2D eigenvalue weighted by molar-refractivity contribution is 1.21. The highest BCUT2D eigenvalue weighted by Gasteiger charge is 2.07. The summed E-state index contributed by atoms with van der Waals surface area (Å²) >= 11 is 1.86. The molecule has 110 valence electrons. The highest BCUT2D eigenvalue weighted by atomic mass is 32.2. The second-order valence-corrected chi connectivity index (χ2v) is 6.75. The van der Waals surface area contributed by atoms with Crippen molar-refractivity contribution in [2.24, 2.45) is 0 Å². The van der Waals surface area contributed by atoms with Crippen LogP contribution in [0.4, 0.5) is 0 Å². The predicted octanol–water partition coefficient (Wildman–Crippen LogP) is 6.43. The van der Waals surface area contributed by atoms with E-state index in [4.69, 9.17) is 0 Å². The number of benzene rings is 3. The molecule has 0 aliphatic heterocycles. The number of hydrogen-bond acceptors (Lipinski definition) is 1. The summed E-state index contributed by atoms with van der Waals surface area (Å²) in [5, 5.41) is 0. The Morgan fingerprint density at radius 1 is 0.636 bits per heavy atom. The monoisotopic (exact) mass is 304 g/mol. The molecule has 0 heterocycles. The van der Waals surface area contributed by atoms with Crippen molar-refractivity contribution < 1.29 is 0 Å². The van der Waals surface area contributed by atoms with Crippen LogP contribution in [0.15, 0.2) is 76.5 Å². The van der Waals surface area contributed by atoms with Crippen LogP contribution < -0.4 is 0 Å². The van der Waals surface area contributed by atoms with Crippen LogP contribution in [0, 0.1) is 20.8 Å². The first-order valence-corrected chi connectivity index (χ1v) is 8.37. The van der Waals surface area contributed by atoms with E-state index in [2.05, 4.69) is 87.5 Å². The van der Waals surface area contributed by atoms with Crippen LogP contribution in [-0.4, -0.2) is 0 Å². The molecular weight excluding hydrogens is 284 g/mol. The van der Waals surface area contributed by atoms with Crippen LogP contribution in [0.25, 0.3) is 11.1 Å². The molecule has 0 saturated heterocycles. The summed E-state index contributed by atoms with van der Waals surface area (Å²) in [6.07, 6.45) is 0. The molecule has 3 rings (SSSR count). The third-order valence-corrected chi connectivity index (χ3v) is 5.26. The Morgan fingerprint density at radius 2 is 1.32 bits per heavy atom. The summed E-state index contributed by atoms with van der Waals surface area (Å²) in [6, 6.07) is 23.8. The molecule has 0 spiro atoms. The van der Waals surface area contributed by atoms with E-state index in [-0.39, 0.29) is 0 Å². The fourth-order valence-corrected chi connectivity index (χ4v) is 3.68. The number of hydrogen-bond donors (Lipinski definition) is 0. The zero-order valence-electron chi connectivity index (χ0n) is 13.3. The molecular formula is C21H20S. The number of rotatable bonds is 3. The maximum absolute atomic E-state index is 2.31. The Morgan fingerprint density at radius 3 is 2.00 bits per heavy atom. The van der Waals surface area contributed by atoms with Crippen LogP contribution >= 0.6 is 11.8 Å². The molecule has 0 aliphatic carbocycles. The molecule has 3 aromatic carbocycles. The molecule has 0 aromatic heterocycles. The van der Waals surface area contributed by atoms with Crippen molar-refractivity contribution in [1.29, 1.82) is 0 Å². The molecule has 0 atom stereocenters. The van der Waals surface area contributed by atoms with Crippen molar-refractivity contribution in [3.63, 3.8) is 0 Å². The minimum Gasteiger partial charge on any atom is -0.0895 e. The lowest BCUT2D eigenvalue weighted by atomic mass is 10.0. The van der Waals surface area contributed by atoms with Crippen LogP contribution in [0.3, 0.4) is 0 Å². The highest BCUT2D eigenvalue weighted by molar-refractivity contribution is 7.99. The molecule has 22 heavy (non-hydrogen) atoms. The molecule has 0 nitrogen and oxygen atoms in total. The van der Waals surface area contributed by atoms with Crippen molar-refractivity contribution in [3.8, 4) is 11.1 Å². The molecule has 0 aliphatic rings. The Kier molecular flexibility index (Phi) is 4.35. The lowest BCUT2D eigenvalue weighted by Gasteiger charge is -2.12. The van der Waals surface area contributed by atoms with Gasteiger partial charge in [-0.15, -0.1) is 0 Å². The van der Waals surface area contributed by atoms with Crippen LogP contribution in [0.1, 0.15) is 16.7 Å². The second-order valence-electron chi connectivity index (χ2n) is 5.67. The van der Waals surface area contributed by atoms with E-state index < -0.39 is 0 Å². The van der Waals surface area contributed by atoms with E-state index in [9.17, 15) is 0 Å². The van der Waals surface area contributed by atoms with E-state index in [0.717, 1.165) is 0 Å². The van der Waals surface area contributed by atoms with Gasteiger partial charge >= 0.3 is 0 Å². The molecule has 0 radical (unpaired) electrons. The van der Waals surface area contributed by atoms with E-state index in [0.29, 0.717) is 0 Å². The molecule has 3 aromatic rings. The van der Waals surface area contributed by atoms with Crippen molar-refractivity contribution >= 4 is 11.8 Å². The fraction of sp³-hybridized carbons (Fsp3) is 0.143. The van der Waals surface area contributed by atoms with Gasteiger partial charge in [0.2, 0.25) is 0 Å². The summed E-state index contributed by atoms with van der Waals surface area (Å²) in [5.41, 5.74) is 6.59. The first kappa shape index (κ1) is 14.9. The summed E-state index contributed by atoms with van der Waals surface area (Å²) in [4.78, 5) is 2.66. The average Bonchev–Trinajstić information content (AvgIpc) is 2.53.